The highest BCUT2D eigenvalue weighted by molar-refractivity contribution is 7.19. The Morgan fingerprint density at radius 3 is 2.56 bits per heavy atom. The minimum absolute atomic E-state index is 0.124. The first-order chi connectivity index (χ1) is 15.6. The molecule has 0 aliphatic rings. The molecule has 0 bridgehead atoms. The van der Waals surface area contributed by atoms with Crippen LogP contribution in [0.2, 0.25) is 0 Å². The molecule has 0 saturated carbocycles. The number of benzene rings is 1. The SMILES string of the molecule is CCN(CC)CCCCNC(=O)CCCNc1ncnc2sc(C)c(-c3ccccc3)c12. The van der Waals surface area contributed by atoms with Crippen molar-refractivity contribution in [3.8, 4) is 11.1 Å². The molecule has 172 valence electrons. The first kappa shape index (κ1) is 24.1. The summed E-state index contributed by atoms with van der Waals surface area (Å²) in [5.41, 5.74) is 2.37. The van der Waals surface area contributed by atoms with E-state index in [4.69, 9.17) is 0 Å². The van der Waals surface area contributed by atoms with Gasteiger partial charge in [-0.25, -0.2) is 9.97 Å². The van der Waals surface area contributed by atoms with Crippen molar-refractivity contribution in [2.75, 3.05) is 38.0 Å². The van der Waals surface area contributed by atoms with E-state index in [1.165, 1.54) is 16.0 Å². The molecule has 1 amide bonds. The number of aromatic nitrogens is 2. The van der Waals surface area contributed by atoms with Crippen molar-refractivity contribution in [3.63, 3.8) is 0 Å². The highest BCUT2D eigenvalue weighted by Crippen LogP contribution is 2.40. The Labute approximate surface area is 195 Å². The molecule has 3 aromatic rings. The van der Waals surface area contributed by atoms with Crippen LogP contribution in [0.25, 0.3) is 21.3 Å². The van der Waals surface area contributed by atoms with Crippen LogP contribution in [0.1, 0.15) is 44.4 Å². The average molecular weight is 454 g/mol. The van der Waals surface area contributed by atoms with Crippen LogP contribution in [0, 0.1) is 6.92 Å². The van der Waals surface area contributed by atoms with Gasteiger partial charge in [-0.1, -0.05) is 44.2 Å². The summed E-state index contributed by atoms with van der Waals surface area (Å²) in [5.74, 6) is 0.967. The first-order valence-corrected chi connectivity index (χ1v) is 12.5. The normalized spacial score (nSPS) is 11.2. The van der Waals surface area contributed by atoms with E-state index in [0.717, 1.165) is 61.5 Å². The van der Waals surface area contributed by atoms with Crippen LogP contribution in [0.5, 0.6) is 0 Å². The van der Waals surface area contributed by atoms with E-state index in [-0.39, 0.29) is 5.91 Å². The molecule has 2 aromatic heterocycles. The van der Waals surface area contributed by atoms with Gasteiger partial charge in [0.1, 0.15) is 17.0 Å². The maximum atomic E-state index is 12.1. The fourth-order valence-corrected chi connectivity index (χ4v) is 4.92. The summed E-state index contributed by atoms with van der Waals surface area (Å²) in [7, 11) is 0. The van der Waals surface area contributed by atoms with Gasteiger partial charge in [0.2, 0.25) is 5.91 Å². The fraction of sp³-hybridized carbons (Fsp3) is 0.480. The lowest BCUT2D eigenvalue weighted by Crippen LogP contribution is -2.27. The lowest BCUT2D eigenvalue weighted by molar-refractivity contribution is -0.121. The monoisotopic (exact) mass is 453 g/mol. The molecule has 7 heteroatoms. The lowest BCUT2D eigenvalue weighted by atomic mass is 10.0. The van der Waals surface area contributed by atoms with Crippen molar-refractivity contribution >= 4 is 33.3 Å². The largest absolute Gasteiger partial charge is 0.369 e. The summed E-state index contributed by atoms with van der Waals surface area (Å²) in [4.78, 5) is 25.8. The molecule has 0 spiro atoms. The zero-order valence-electron chi connectivity index (χ0n) is 19.5. The number of rotatable bonds is 13. The summed E-state index contributed by atoms with van der Waals surface area (Å²) in [6, 6.07) is 10.4. The predicted molar refractivity (Wildman–Crippen MR) is 135 cm³/mol. The lowest BCUT2D eigenvalue weighted by Gasteiger charge is -2.17. The summed E-state index contributed by atoms with van der Waals surface area (Å²) in [5, 5.41) is 7.55. The van der Waals surface area contributed by atoms with Gasteiger partial charge in [-0.3, -0.25) is 4.79 Å². The number of carbonyl (C=O) groups excluding carboxylic acids is 1. The van der Waals surface area contributed by atoms with Crippen molar-refractivity contribution in [3.05, 3.63) is 41.5 Å². The number of hydrogen-bond donors (Lipinski definition) is 2. The third-order valence-corrected chi connectivity index (χ3v) is 6.73. The van der Waals surface area contributed by atoms with E-state index in [0.29, 0.717) is 13.0 Å². The van der Waals surface area contributed by atoms with Crippen molar-refractivity contribution in [1.29, 1.82) is 0 Å². The van der Waals surface area contributed by atoms with Crippen LogP contribution < -0.4 is 10.6 Å². The number of amides is 1. The number of nitrogens with zero attached hydrogens (tertiary/aromatic N) is 3. The molecule has 0 saturated heterocycles. The highest BCUT2D eigenvalue weighted by atomic mass is 32.1. The van der Waals surface area contributed by atoms with Crippen molar-refractivity contribution in [2.24, 2.45) is 0 Å². The third-order valence-electron chi connectivity index (χ3n) is 5.72. The summed E-state index contributed by atoms with van der Waals surface area (Å²) >= 11 is 1.69. The molecule has 0 aliphatic heterocycles. The summed E-state index contributed by atoms with van der Waals surface area (Å²) < 4.78 is 0. The molecule has 3 rings (SSSR count). The van der Waals surface area contributed by atoms with Crippen LogP contribution in [0.3, 0.4) is 0 Å². The molecular formula is C25H35N5OS. The number of aryl methyl sites for hydroxylation is 1. The standard InChI is InChI=1S/C25H35N5OS/c1-4-30(5-2)17-10-9-15-26-21(31)14-11-16-27-24-23-22(20-12-7-6-8-13-20)19(3)32-25(23)29-18-28-24/h6-8,12-13,18H,4-5,9-11,14-17H2,1-3H3,(H,26,31)(H,27,28,29). The summed E-state index contributed by atoms with van der Waals surface area (Å²) in [6.07, 6.45) is 5.04. The number of carbonyl (C=O) groups is 1. The van der Waals surface area contributed by atoms with Crippen molar-refractivity contribution in [1.82, 2.24) is 20.2 Å². The molecule has 32 heavy (non-hydrogen) atoms. The molecule has 0 radical (unpaired) electrons. The Hall–Kier alpha value is -2.51. The molecular weight excluding hydrogens is 418 g/mol. The third kappa shape index (κ3) is 6.50. The van der Waals surface area contributed by atoms with Gasteiger partial charge in [0, 0.05) is 30.0 Å². The number of hydrogen-bond acceptors (Lipinski definition) is 6. The van der Waals surface area contributed by atoms with Gasteiger partial charge in [0.25, 0.3) is 0 Å². The highest BCUT2D eigenvalue weighted by Gasteiger charge is 2.16. The zero-order valence-corrected chi connectivity index (χ0v) is 20.3. The Morgan fingerprint density at radius 2 is 1.81 bits per heavy atom. The number of unbranched alkanes of at least 4 members (excludes halogenated alkanes) is 1. The molecule has 2 heterocycles. The molecule has 0 aliphatic carbocycles. The average Bonchev–Trinajstić information content (AvgIpc) is 3.16. The van der Waals surface area contributed by atoms with E-state index < -0.39 is 0 Å². The van der Waals surface area contributed by atoms with E-state index in [9.17, 15) is 4.79 Å². The van der Waals surface area contributed by atoms with Gasteiger partial charge in [0.15, 0.2) is 0 Å². The van der Waals surface area contributed by atoms with Gasteiger partial charge < -0.3 is 15.5 Å². The maximum Gasteiger partial charge on any atom is 0.220 e. The van der Waals surface area contributed by atoms with E-state index >= 15 is 0 Å². The van der Waals surface area contributed by atoms with Crippen LogP contribution in [-0.2, 0) is 4.79 Å². The van der Waals surface area contributed by atoms with Gasteiger partial charge >= 0.3 is 0 Å². The second kappa shape index (κ2) is 12.5. The molecule has 0 fully saturated rings. The van der Waals surface area contributed by atoms with Crippen LogP contribution in [0.4, 0.5) is 5.82 Å². The zero-order chi connectivity index (χ0) is 22.8. The fourth-order valence-electron chi connectivity index (χ4n) is 3.90. The van der Waals surface area contributed by atoms with Gasteiger partial charge in [-0.05, 0) is 51.4 Å². The van der Waals surface area contributed by atoms with Crippen molar-refractivity contribution < 1.29 is 4.79 Å². The quantitative estimate of drug-likeness (QED) is 0.353. The van der Waals surface area contributed by atoms with Crippen LogP contribution >= 0.6 is 11.3 Å². The Bertz CT molecular complexity index is 985. The number of fused-ring (bicyclic) bond motifs is 1. The molecule has 0 atom stereocenters. The Kier molecular flexibility index (Phi) is 9.43. The van der Waals surface area contributed by atoms with E-state index in [2.05, 4.69) is 70.5 Å². The van der Waals surface area contributed by atoms with Crippen LogP contribution in [-0.4, -0.2) is 53.5 Å². The van der Waals surface area contributed by atoms with Crippen LogP contribution in [0.15, 0.2) is 36.7 Å². The number of anilines is 1. The maximum absolute atomic E-state index is 12.1. The topological polar surface area (TPSA) is 70.2 Å². The first-order valence-electron chi connectivity index (χ1n) is 11.7. The smallest absolute Gasteiger partial charge is 0.220 e. The number of nitrogens with one attached hydrogen (secondary N) is 2. The summed E-state index contributed by atoms with van der Waals surface area (Å²) in [6.45, 7) is 11.2. The minimum atomic E-state index is 0.124. The van der Waals surface area contributed by atoms with Crippen molar-refractivity contribution in [2.45, 2.75) is 46.5 Å². The van der Waals surface area contributed by atoms with Gasteiger partial charge in [-0.15, -0.1) is 11.3 Å². The molecule has 0 unspecified atom stereocenters. The Morgan fingerprint density at radius 1 is 1.03 bits per heavy atom. The molecule has 6 nitrogen and oxygen atoms in total. The van der Waals surface area contributed by atoms with Gasteiger partial charge in [0.05, 0.1) is 5.39 Å². The molecule has 1 aromatic carbocycles. The minimum Gasteiger partial charge on any atom is -0.369 e. The second-order valence-electron chi connectivity index (χ2n) is 7.92. The predicted octanol–water partition coefficient (Wildman–Crippen LogP) is 5.10. The van der Waals surface area contributed by atoms with E-state index in [1.54, 1.807) is 17.7 Å². The Balaban J connectivity index is 1.47. The van der Waals surface area contributed by atoms with E-state index in [1.807, 2.05) is 6.07 Å². The van der Waals surface area contributed by atoms with Gasteiger partial charge in [-0.2, -0.15) is 0 Å². The number of thiophene rings is 1. The molecule has 2 N–H and O–H groups in total. The second-order valence-corrected chi connectivity index (χ2v) is 9.12.